The molecule has 1 aliphatic carbocycles. The molecule has 0 spiro atoms. The van der Waals surface area contributed by atoms with Crippen LogP contribution >= 0.6 is 15.9 Å². The summed E-state index contributed by atoms with van der Waals surface area (Å²) in [6, 6.07) is 1.51. The lowest BCUT2D eigenvalue weighted by Gasteiger charge is -2.41. The largest absolute Gasteiger partial charge is 0.244 e. The van der Waals surface area contributed by atoms with Gasteiger partial charge in [-0.25, -0.2) is 21.9 Å². The SMILES string of the molecule is CCC1(CNS(=O)(=O)c2c(F)cc(F)cc2Br)CCC1. The highest BCUT2D eigenvalue weighted by atomic mass is 79.9. The Morgan fingerprint density at radius 2 is 2.00 bits per heavy atom. The van der Waals surface area contributed by atoms with Gasteiger partial charge < -0.3 is 0 Å². The third kappa shape index (κ3) is 3.04. The molecule has 3 nitrogen and oxygen atoms in total. The van der Waals surface area contributed by atoms with Gasteiger partial charge in [0.05, 0.1) is 0 Å². The summed E-state index contributed by atoms with van der Waals surface area (Å²) in [5, 5.41) is 0. The van der Waals surface area contributed by atoms with E-state index in [0.717, 1.165) is 31.7 Å². The molecule has 0 unspecified atom stereocenters. The Morgan fingerprint density at radius 1 is 1.35 bits per heavy atom. The minimum atomic E-state index is -4.00. The Balaban J connectivity index is 2.23. The van der Waals surface area contributed by atoms with Crippen LogP contribution in [0.15, 0.2) is 21.5 Å². The molecule has 2 rings (SSSR count). The van der Waals surface area contributed by atoms with Crippen LogP contribution in [0.5, 0.6) is 0 Å². The third-order valence-corrected chi connectivity index (χ3v) is 6.40. The van der Waals surface area contributed by atoms with Gasteiger partial charge in [0.15, 0.2) is 0 Å². The van der Waals surface area contributed by atoms with Crippen LogP contribution in [0.1, 0.15) is 32.6 Å². The molecule has 7 heteroatoms. The monoisotopic (exact) mass is 367 g/mol. The summed E-state index contributed by atoms with van der Waals surface area (Å²) in [5.41, 5.74) is -0.0178. The second-order valence-electron chi connectivity index (χ2n) is 5.23. The van der Waals surface area contributed by atoms with Crippen molar-refractivity contribution in [2.75, 3.05) is 6.54 Å². The quantitative estimate of drug-likeness (QED) is 0.864. The summed E-state index contributed by atoms with van der Waals surface area (Å²) in [5.74, 6) is -1.92. The fourth-order valence-electron chi connectivity index (χ4n) is 2.44. The normalized spacial score (nSPS) is 17.8. The molecule has 1 N–H and O–H groups in total. The first-order valence-electron chi connectivity index (χ1n) is 6.44. The number of hydrogen-bond acceptors (Lipinski definition) is 2. The van der Waals surface area contributed by atoms with Crippen molar-refractivity contribution in [3.63, 3.8) is 0 Å². The average Bonchev–Trinajstić information content (AvgIpc) is 2.25. The molecule has 1 aromatic rings. The number of rotatable bonds is 5. The van der Waals surface area contributed by atoms with Crippen LogP contribution in [0.4, 0.5) is 8.78 Å². The third-order valence-electron chi connectivity index (χ3n) is 4.03. The van der Waals surface area contributed by atoms with Gasteiger partial charge in [-0.05, 0) is 46.7 Å². The molecular weight excluding hydrogens is 352 g/mol. The maximum Gasteiger partial charge on any atom is 0.244 e. The molecule has 0 aliphatic heterocycles. The number of hydrogen-bond donors (Lipinski definition) is 1. The van der Waals surface area contributed by atoms with E-state index in [1.165, 1.54) is 0 Å². The topological polar surface area (TPSA) is 46.2 Å². The molecule has 0 aromatic heterocycles. The van der Waals surface area contributed by atoms with Crippen molar-refractivity contribution in [3.05, 3.63) is 28.2 Å². The molecule has 0 amide bonds. The zero-order valence-electron chi connectivity index (χ0n) is 11.0. The van der Waals surface area contributed by atoms with Crippen molar-refractivity contribution in [1.82, 2.24) is 4.72 Å². The van der Waals surface area contributed by atoms with Crippen LogP contribution in [-0.2, 0) is 10.0 Å². The predicted octanol–water partition coefficient (Wildman–Crippen LogP) is 3.59. The van der Waals surface area contributed by atoms with Gasteiger partial charge in [-0.3, -0.25) is 0 Å². The van der Waals surface area contributed by atoms with E-state index in [9.17, 15) is 17.2 Å². The maximum absolute atomic E-state index is 13.7. The lowest BCUT2D eigenvalue weighted by atomic mass is 9.67. The van der Waals surface area contributed by atoms with Crippen LogP contribution < -0.4 is 4.72 Å². The summed E-state index contributed by atoms with van der Waals surface area (Å²) in [4.78, 5) is -0.538. The van der Waals surface area contributed by atoms with Gasteiger partial charge in [-0.15, -0.1) is 0 Å². The fraction of sp³-hybridized carbons (Fsp3) is 0.538. The Bertz CT molecular complexity index is 586. The van der Waals surface area contributed by atoms with Crippen molar-refractivity contribution in [2.45, 2.75) is 37.5 Å². The highest BCUT2D eigenvalue weighted by Gasteiger charge is 2.36. The van der Waals surface area contributed by atoms with E-state index in [1.54, 1.807) is 0 Å². The van der Waals surface area contributed by atoms with Gasteiger partial charge in [0.25, 0.3) is 0 Å². The average molecular weight is 368 g/mol. The molecule has 0 atom stereocenters. The number of halogens is 3. The number of nitrogens with one attached hydrogen (secondary N) is 1. The smallest absolute Gasteiger partial charge is 0.210 e. The number of sulfonamides is 1. The summed E-state index contributed by atoms with van der Waals surface area (Å²) in [6.45, 7) is 2.30. The molecule has 20 heavy (non-hydrogen) atoms. The molecule has 0 bridgehead atoms. The van der Waals surface area contributed by atoms with Crippen molar-refractivity contribution in [3.8, 4) is 0 Å². The molecule has 1 fully saturated rings. The predicted molar refractivity (Wildman–Crippen MR) is 75.8 cm³/mol. The molecule has 0 heterocycles. The summed E-state index contributed by atoms with van der Waals surface area (Å²) < 4.78 is 53.4. The van der Waals surface area contributed by atoms with E-state index in [2.05, 4.69) is 20.7 Å². The van der Waals surface area contributed by atoms with Gasteiger partial charge in [-0.2, -0.15) is 0 Å². The van der Waals surface area contributed by atoms with E-state index >= 15 is 0 Å². The zero-order chi connectivity index (χ0) is 15.0. The summed E-state index contributed by atoms with van der Waals surface area (Å²) in [6.07, 6.45) is 3.91. The van der Waals surface area contributed by atoms with Crippen LogP contribution in [0, 0.1) is 17.0 Å². The molecule has 0 radical (unpaired) electrons. The maximum atomic E-state index is 13.7. The van der Waals surface area contributed by atoms with Gasteiger partial charge in [-0.1, -0.05) is 13.3 Å². The minimum Gasteiger partial charge on any atom is -0.210 e. The first kappa shape index (κ1) is 15.9. The van der Waals surface area contributed by atoms with E-state index in [0.29, 0.717) is 6.07 Å². The Hall–Kier alpha value is -0.530. The Morgan fingerprint density at radius 3 is 2.45 bits per heavy atom. The number of benzene rings is 1. The first-order chi connectivity index (χ1) is 9.30. The standard InChI is InChI=1S/C13H16BrF2NO2S/c1-2-13(4-3-5-13)8-17-20(18,19)12-10(14)6-9(15)7-11(12)16/h6-7,17H,2-5,8H2,1H3. The Kier molecular flexibility index (Phi) is 4.51. The molecule has 112 valence electrons. The summed E-state index contributed by atoms with van der Waals surface area (Å²) >= 11 is 2.90. The van der Waals surface area contributed by atoms with E-state index in [4.69, 9.17) is 0 Å². The minimum absolute atomic E-state index is 0.0178. The van der Waals surface area contributed by atoms with Crippen molar-refractivity contribution in [1.29, 1.82) is 0 Å². The van der Waals surface area contributed by atoms with Crippen molar-refractivity contribution < 1.29 is 17.2 Å². The van der Waals surface area contributed by atoms with Crippen LogP contribution in [0.25, 0.3) is 0 Å². The van der Waals surface area contributed by atoms with Crippen LogP contribution in [0.3, 0.4) is 0 Å². The van der Waals surface area contributed by atoms with Gasteiger partial charge in [0.1, 0.15) is 16.5 Å². The Labute approximate surface area is 125 Å². The zero-order valence-corrected chi connectivity index (χ0v) is 13.5. The molecule has 0 saturated heterocycles. The summed E-state index contributed by atoms with van der Waals surface area (Å²) in [7, 11) is -4.00. The molecular formula is C13H16BrF2NO2S. The van der Waals surface area contributed by atoms with Crippen molar-refractivity contribution >= 4 is 26.0 Å². The van der Waals surface area contributed by atoms with Gasteiger partial charge in [0, 0.05) is 17.1 Å². The highest BCUT2D eigenvalue weighted by Crippen LogP contribution is 2.43. The van der Waals surface area contributed by atoms with Crippen LogP contribution in [-0.4, -0.2) is 15.0 Å². The fourth-order valence-corrected chi connectivity index (χ4v) is 4.76. The van der Waals surface area contributed by atoms with Gasteiger partial charge >= 0.3 is 0 Å². The van der Waals surface area contributed by atoms with Crippen molar-refractivity contribution in [2.24, 2.45) is 5.41 Å². The first-order valence-corrected chi connectivity index (χ1v) is 8.71. The molecule has 1 aliphatic rings. The van der Waals surface area contributed by atoms with Gasteiger partial charge in [0.2, 0.25) is 10.0 Å². The van der Waals surface area contributed by atoms with E-state index in [1.807, 2.05) is 6.92 Å². The second kappa shape index (κ2) is 5.69. The lowest BCUT2D eigenvalue weighted by Crippen LogP contribution is -2.41. The highest BCUT2D eigenvalue weighted by molar-refractivity contribution is 9.10. The molecule has 1 aromatic carbocycles. The second-order valence-corrected chi connectivity index (χ2v) is 7.79. The van der Waals surface area contributed by atoms with E-state index < -0.39 is 26.6 Å². The van der Waals surface area contributed by atoms with E-state index in [-0.39, 0.29) is 16.4 Å². The molecule has 1 saturated carbocycles. The van der Waals surface area contributed by atoms with Crippen LogP contribution in [0.2, 0.25) is 0 Å². The lowest BCUT2D eigenvalue weighted by molar-refractivity contribution is 0.133.